The van der Waals surface area contributed by atoms with E-state index in [1.807, 2.05) is 32.2 Å². The number of aromatic nitrogens is 4. The second-order valence-electron chi connectivity index (χ2n) is 7.15. The zero-order valence-corrected chi connectivity index (χ0v) is 17.2. The van der Waals surface area contributed by atoms with Gasteiger partial charge >= 0.3 is 6.03 Å². The summed E-state index contributed by atoms with van der Waals surface area (Å²) in [5.41, 5.74) is 2.95. The van der Waals surface area contributed by atoms with Gasteiger partial charge in [0.05, 0.1) is 17.1 Å². The van der Waals surface area contributed by atoms with Crippen LogP contribution in [0.25, 0.3) is 5.82 Å². The number of aryl methyl sites for hydroxylation is 1. The first-order valence-electron chi connectivity index (χ1n) is 10.1. The number of carbonyl (C=O) groups excluding carboxylic acids is 1. The molecule has 0 aliphatic carbocycles. The van der Waals surface area contributed by atoms with Gasteiger partial charge in [-0.05, 0) is 32.0 Å². The number of anilines is 2. The highest BCUT2D eigenvalue weighted by Gasteiger charge is 2.20. The van der Waals surface area contributed by atoms with Gasteiger partial charge in [-0.25, -0.2) is 14.5 Å². The van der Waals surface area contributed by atoms with E-state index in [9.17, 15) is 4.79 Å². The summed E-state index contributed by atoms with van der Waals surface area (Å²) >= 11 is 0. The lowest BCUT2D eigenvalue weighted by Crippen LogP contribution is -2.46. The Labute approximate surface area is 174 Å². The van der Waals surface area contributed by atoms with Crippen molar-refractivity contribution in [3.05, 3.63) is 48.0 Å². The topological polar surface area (TPSA) is 104 Å². The van der Waals surface area contributed by atoms with E-state index < -0.39 is 0 Å². The van der Waals surface area contributed by atoms with Gasteiger partial charge in [0, 0.05) is 57.7 Å². The highest BCUT2D eigenvalue weighted by molar-refractivity contribution is 5.87. The fraction of sp³-hybridized carbons (Fsp3) is 0.400. The summed E-state index contributed by atoms with van der Waals surface area (Å²) in [7, 11) is 0. The maximum Gasteiger partial charge on any atom is 0.321 e. The number of hydrogen-bond acceptors (Lipinski definition) is 7. The average Bonchev–Trinajstić information content (AvgIpc) is 3.41. The molecule has 1 aliphatic heterocycles. The number of nitrogens with zero attached hydrogens (tertiary/aromatic N) is 6. The Kier molecular flexibility index (Phi) is 5.94. The van der Waals surface area contributed by atoms with Crippen molar-refractivity contribution in [2.24, 2.45) is 0 Å². The number of rotatable bonds is 6. The molecule has 158 valence electrons. The number of carbonyl (C=O) groups is 1. The van der Waals surface area contributed by atoms with Gasteiger partial charge in [0.25, 0.3) is 0 Å². The molecule has 1 aliphatic rings. The van der Waals surface area contributed by atoms with Gasteiger partial charge in [0.1, 0.15) is 0 Å². The number of nitrogens with one attached hydrogen (secondary N) is 2. The van der Waals surface area contributed by atoms with Crippen molar-refractivity contribution in [3.8, 4) is 5.82 Å². The minimum Gasteiger partial charge on any atom is -0.368 e. The summed E-state index contributed by atoms with van der Waals surface area (Å²) in [5.74, 6) is 1.18. The predicted octanol–water partition coefficient (Wildman–Crippen LogP) is 2.03. The minimum absolute atomic E-state index is 0.295. The zero-order valence-electron chi connectivity index (χ0n) is 17.2. The molecule has 10 heteroatoms. The Balaban J connectivity index is 1.31. The predicted molar refractivity (Wildman–Crippen MR) is 113 cm³/mol. The third-order valence-corrected chi connectivity index (χ3v) is 5.01. The number of hydrogen-bond donors (Lipinski definition) is 2. The lowest BCUT2D eigenvalue weighted by molar-refractivity contribution is 0.242. The highest BCUT2D eigenvalue weighted by Crippen LogP contribution is 2.22. The lowest BCUT2D eigenvalue weighted by Gasteiger charge is -2.36. The second kappa shape index (κ2) is 8.95. The molecule has 0 bridgehead atoms. The minimum atomic E-state index is -0.295. The molecule has 0 saturated carbocycles. The van der Waals surface area contributed by atoms with E-state index in [1.54, 1.807) is 16.9 Å². The highest BCUT2D eigenvalue weighted by atomic mass is 16.5. The average molecular weight is 410 g/mol. The lowest BCUT2D eigenvalue weighted by atomic mass is 10.2. The summed E-state index contributed by atoms with van der Waals surface area (Å²) in [6.45, 7) is 8.77. The number of pyridine rings is 1. The van der Waals surface area contributed by atoms with Gasteiger partial charge in [-0.3, -0.25) is 10.2 Å². The van der Waals surface area contributed by atoms with Crippen molar-refractivity contribution in [2.75, 3.05) is 42.9 Å². The van der Waals surface area contributed by atoms with Crippen molar-refractivity contribution in [3.63, 3.8) is 0 Å². The Morgan fingerprint density at radius 3 is 2.77 bits per heavy atom. The van der Waals surface area contributed by atoms with E-state index in [0.717, 1.165) is 49.1 Å². The quantitative estimate of drug-likeness (QED) is 0.641. The molecule has 3 aromatic rings. The third-order valence-electron chi connectivity index (χ3n) is 5.01. The molecule has 0 unspecified atom stereocenters. The van der Waals surface area contributed by atoms with Crippen LogP contribution in [0.3, 0.4) is 0 Å². The molecule has 1 saturated heterocycles. The molecule has 0 spiro atoms. The molecule has 30 heavy (non-hydrogen) atoms. The normalized spacial score (nSPS) is 14.7. The van der Waals surface area contributed by atoms with Crippen LogP contribution >= 0.6 is 0 Å². The molecule has 0 atom stereocenters. The monoisotopic (exact) mass is 410 g/mol. The van der Waals surface area contributed by atoms with Crippen molar-refractivity contribution in [2.45, 2.75) is 20.4 Å². The summed E-state index contributed by atoms with van der Waals surface area (Å²) in [4.78, 5) is 20.9. The Morgan fingerprint density at radius 1 is 1.23 bits per heavy atom. The van der Waals surface area contributed by atoms with Crippen molar-refractivity contribution in [1.82, 2.24) is 30.1 Å². The zero-order chi connectivity index (χ0) is 20.9. The number of urea groups is 1. The molecule has 1 fully saturated rings. The van der Waals surface area contributed by atoms with Crippen LogP contribution in [0, 0.1) is 6.92 Å². The maximum absolute atomic E-state index is 11.6. The van der Waals surface area contributed by atoms with Crippen LogP contribution in [0.1, 0.15) is 18.3 Å². The van der Waals surface area contributed by atoms with E-state index in [0.29, 0.717) is 19.0 Å². The fourth-order valence-electron chi connectivity index (χ4n) is 3.54. The van der Waals surface area contributed by atoms with Crippen LogP contribution in [0.4, 0.5) is 16.4 Å². The van der Waals surface area contributed by atoms with Crippen LogP contribution in [-0.4, -0.2) is 63.6 Å². The van der Waals surface area contributed by atoms with Crippen LogP contribution < -0.4 is 15.5 Å². The van der Waals surface area contributed by atoms with Crippen molar-refractivity contribution < 1.29 is 9.32 Å². The summed E-state index contributed by atoms with van der Waals surface area (Å²) in [5, 5.41) is 13.6. The second-order valence-corrected chi connectivity index (χ2v) is 7.15. The largest absolute Gasteiger partial charge is 0.368 e. The number of piperazine rings is 1. The summed E-state index contributed by atoms with van der Waals surface area (Å²) < 4.78 is 6.96. The Morgan fingerprint density at radius 2 is 2.07 bits per heavy atom. The first kappa shape index (κ1) is 19.9. The molecule has 0 radical (unpaired) electrons. The molecule has 4 heterocycles. The van der Waals surface area contributed by atoms with Gasteiger partial charge in [-0.15, -0.1) is 0 Å². The number of amides is 2. The van der Waals surface area contributed by atoms with E-state index >= 15 is 0 Å². The van der Waals surface area contributed by atoms with Crippen LogP contribution in [-0.2, 0) is 6.54 Å². The van der Waals surface area contributed by atoms with Gasteiger partial charge in [-0.2, -0.15) is 5.10 Å². The molecule has 10 nitrogen and oxygen atoms in total. The molecule has 0 aromatic carbocycles. The van der Waals surface area contributed by atoms with Crippen LogP contribution in [0.2, 0.25) is 0 Å². The van der Waals surface area contributed by atoms with Gasteiger partial charge in [0.15, 0.2) is 5.82 Å². The van der Waals surface area contributed by atoms with Crippen molar-refractivity contribution >= 4 is 17.6 Å². The standard InChI is InChI=1S/C20H26N8O2/c1-3-21-20(29)24-19-13-16(25-30-19)14-26-9-11-27(12-10-26)17-5-6-18(23-15(17)2)28-8-4-7-22-28/h4-8,13H,3,9-12,14H2,1-2H3,(H2,21,24,29). The van der Waals surface area contributed by atoms with E-state index in [4.69, 9.17) is 9.51 Å². The smallest absolute Gasteiger partial charge is 0.321 e. The first-order valence-corrected chi connectivity index (χ1v) is 10.1. The van der Waals surface area contributed by atoms with E-state index in [2.05, 4.69) is 36.8 Å². The third kappa shape index (κ3) is 4.60. The molecule has 4 rings (SSSR count). The first-order chi connectivity index (χ1) is 14.6. The summed E-state index contributed by atoms with van der Waals surface area (Å²) in [6, 6.07) is 7.48. The molecule has 2 amide bonds. The van der Waals surface area contributed by atoms with Crippen LogP contribution in [0.15, 0.2) is 41.2 Å². The van der Waals surface area contributed by atoms with Crippen LogP contribution in [0.5, 0.6) is 0 Å². The fourth-order valence-corrected chi connectivity index (χ4v) is 3.54. The molecular formula is C20H26N8O2. The van der Waals surface area contributed by atoms with Gasteiger partial charge in [0.2, 0.25) is 5.88 Å². The molecular weight excluding hydrogens is 384 g/mol. The summed E-state index contributed by atoms with van der Waals surface area (Å²) in [6.07, 6.45) is 3.64. The Hall–Kier alpha value is -3.40. The molecule has 2 N–H and O–H groups in total. The van der Waals surface area contributed by atoms with E-state index in [-0.39, 0.29) is 6.03 Å². The van der Waals surface area contributed by atoms with Gasteiger partial charge in [-0.1, -0.05) is 5.16 Å². The van der Waals surface area contributed by atoms with Gasteiger partial charge < -0.3 is 14.7 Å². The SMILES string of the molecule is CCNC(=O)Nc1cc(CN2CCN(c3ccc(-n4cccn4)nc3C)CC2)no1. The van der Waals surface area contributed by atoms with E-state index in [1.165, 1.54) is 0 Å². The Bertz CT molecular complexity index is 977. The van der Waals surface area contributed by atoms with Crippen molar-refractivity contribution in [1.29, 1.82) is 0 Å². The molecule has 3 aromatic heterocycles. The maximum atomic E-state index is 11.6.